The number of hydrogen-bond donors (Lipinski definition) is 1. The number of carbonyl (C=O) groups is 2. The standard InChI is InChI=1S/C12H24N2O3/c1-5-10(2)13-12(16)6-7-14(11(3)15)8-9-17-4/h10H,5-9H2,1-4H3,(H,13,16). The van der Waals surface area contributed by atoms with Crippen LogP contribution in [0.1, 0.15) is 33.6 Å². The Morgan fingerprint density at radius 2 is 2.00 bits per heavy atom. The van der Waals surface area contributed by atoms with Gasteiger partial charge in [-0.15, -0.1) is 0 Å². The lowest BCUT2D eigenvalue weighted by atomic mass is 10.2. The lowest BCUT2D eigenvalue weighted by molar-refractivity contribution is -0.130. The second-order valence-corrected chi connectivity index (χ2v) is 4.13. The van der Waals surface area contributed by atoms with Crippen LogP contribution in [0, 0.1) is 0 Å². The highest BCUT2D eigenvalue weighted by molar-refractivity contribution is 5.78. The average Bonchev–Trinajstić information content (AvgIpc) is 2.28. The summed E-state index contributed by atoms with van der Waals surface area (Å²) in [6.45, 7) is 6.95. The molecule has 0 aromatic rings. The molecule has 0 aliphatic carbocycles. The van der Waals surface area contributed by atoms with Crippen LogP contribution in [0.4, 0.5) is 0 Å². The van der Waals surface area contributed by atoms with Crippen molar-refractivity contribution >= 4 is 11.8 Å². The van der Waals surface area contributed by atoms with E-state index in [-0.39, 0.29) is 17.9 Å². The molecular formula is C12H24N2O3. The minimum atomic E-state index is -0.0293. The summed E-state index contributed by atoms with van der Waals surface area (Å²) < 4.78 is 4.92. The van der Waals surface area contributed by atoms with Crippen molar-refractivity contribution in [3.05, 3.63) is 0 Å². The van der Waals surface area contributed by atoms with Gasteiger partial charge in [-0.2, -0.15) is 0 Å². The van der Waals surface area contributed by atoms with Gasteiger partial charge < -0.3 is 15.0 Å². The van der Waals surface area contributed by atoms with Crippen molar-refractivity contribution in [2.24, 2.45) is 0 Å². The van der Waals surface area contributed by atoms with E-state index in [1.54, 1.807) is 12.0 Å². The zero-order valence-electron chi connectivity index (χ0n) is 11.3. The lowest BCUT2D eigenvalue weighted by Gasteiger charge is -2.20. The van der Waals surface area contributed by atoms with E-state index in [2.05, 4.69) is 5.32 Å². The molecule has 0 fully saturated rings. The van der Waals surface area contributed by atoms with Gasteiger partial charge in [-0.3, -0.25) is 9.59 Å². The molecule has 5 heteroatoms. The van der Waals surface area contributed by atoms with Crippen molar-refractivity contribution < 1.29 is 14.3 Å². The third-order valence-corrected chi connectivity index (χ3v) is 2.64. The Morgan fingerprint density at radius 3 is 2.47 bits per heavy atom. The van der Waals surface area contributed by atoms with E-state index in [1.807, 2.05) is 13.8 Å². The molecule has 0 radical (unpaired) electrons. The molecule has 0 aliphatic heterocycles. The van der Waals surface area contributed by atoms with E-state index in [4.69, 9.17) is 4.74 Å². The molecule has 0 saturated carbocycles. The van der Waals surface area contributed by atoms with Crippen LogP contribution in [0.2, 0.25) is 0 Å². The first-order chi connectivity index (χ1) is 8.01. The number of carbonyl (C=O) groups excluding carboxylic acids is 2. The smallest absolute Gasteiger partial charge is 0.221 e. The number of nitrogens with one attached hydrogen (secondary N) is 1. The number of amides is 2. The highest BCUT2D eigenvalue weighted by atomic mass is 16.5. The molecule has 1 atom stereocenters. The quantitative estimate of drug-likeness (QED) is 0.686. The van der Waals surface area contributed by atoms with Gasteiger partial charge in [0.15, 0.2) is 0 Å². The zero-order valence-corrected chi connectivity index (χ0v) is 11.3. The number of methoxy groups -OCH3 is 1. The zero-order chi connectivity index (χ0) is 13.3. The maximum atomic E-state index is 11.5. The van der Waals surface area contributed by atoms with Crippen LogP contribution in [0.3, 0.4) is 0 Å². The molecule has 0 aromatic carbocycles. The van der Waals surface area contributed by atoms with Crippen molar-refractivity contribution in [2.45, 2.75) is 39.7 Å². The number of ether oxygens (including phenoxy) is 1. The highest BCUT2D eigenvalue weighted by Gasteiger charge is 2.11. The van der Waals surface area contributed by atoms with Crippen LogP contribution >= 0.6 is 0 Å². The van der Waals surface area contributed by atoms with E-state index < -0.39 is 0 Å². The third-order valence-electron chi connectivity index (χ3n) is 2.64. The molecule has 1 unspecified atom stereocenters. The molecule has 5 nitrogen and oxygen atoms in total. The van der Waals surface area contributed by atoms with Crippen LogP contribution in [0.15, 0.2) is 0 Å². The molecule has 17 heavy (non-hydrogen) atoms. The average molecular weight is 244 g/mol. The van der Waals surface area contributed by atoms with E-state index in [1.165, 1.54) is 6.92 Å². The number of rotatable bonds is 8. The van der Waals surface area contributed by atoms with Gasteiger partial charge in [-0.05, 0) is 13.3 Å². The highest BCUT2D eigenvalue weighted by Crippen LogP contribution is 1.95. The van der Waals surface area contributed by atoms with Gasteiger partial charge in [0.25, 0.3) is 0 Å². The molecule has 0 rings (SSSR count). The fourth-order valence-electron chi connectivity index (χ4n) is 1.31. The van der Waals surface area contributed by atoms with E-state index >= 15 is 0 Å². The van der Waals surface area contributed by atoms with E-state index in [9.17, 15) is 9.59 Å². The molecule has 100 valence electrons. The summed E-state index contributed by atoms with van der Waals surface area (Å²) in [6.07, 6.45) is 1.25. The molecule has 2 amide bonds. The summed E-state index contributed by atoms with van der Waals surface area (Å²) in [4.78, 5) is 24.4. The third kappa shape index (κ3) is 7.74. The van der Waals surface area contributed by atoms with Crippen LogP contribution in [-0.4, -0.2) is 49.6 Å². The monoisotopic (exact) mass is 244 g/mol. The topological polar surface area (TPSA) is 58.6 Å². The summed E-state index contributed by atoms with van der Waals surface area (Å²) in [5.41, 5.74) is 0. The summed E-state index contributed by atoms with van der Waals surface area (Å²) in [7, 11) is 1.59. The Morgan fingerprint density at radius 1 is 1.35 bits per heavy atom. The van der Waals surface area contributed by atoms with Gasteiger partial charge in [0.2, 0.25) is 11.8 Å². The van der Waals surface area contributed by atoms with Gasteiger partial charge in [0.1, 0.15) is 0 Å². The van der Waals surface area contributed by atoms with Crippen LogP contribution in [-0.2, 0) is 14.3 Å². The van der Waals surface area contributed by atoms with Crippen molar-refractivity contribution in [3.63, 3.8) is 0 Å². The predicted molar refractivity (Wildman–Crippen MR) is 66.6 cm³/mol. The molecule has 0 heterocycles. The van der Waals surface area contributed by atoms with Crippen molar-refractivity contribution in [3.8, 4) is 0 Å². The van der Waals surface area contributed by atoms with Crippen LogP contribution in [0.25, 0.3) is 0 Å². The fraction of sp³-hybridized carbons (Fsp3) is 0.833. The normalized spacial score (nSPS) is 12.0. The Bertz CT molecular complexity index is 244. The van der Waals surface area contributed by atoms with Crippen LogP contribution in [0.5, 0.6) is 0 Å². The first-order valence-corrected chi connectivity index (χ1v) is 6.05. The molecule has 1 N–H and O–H groups in total. The molecule has 0 aromatic heterocycles. The number of nitrogens with zero attached hydrogens (tertiary/aromatic N) is 1. The van der Waals surface area contributed by atoms with Crippen molar-refractivity contribution in [2.75, 3.05) is 26.8 Å². The summed E-state index contributed by atoms with van der Waals surface area (Å²) >= 11 is 0. The van der Waals surface area contributed by atoms with Gasteiger partial charge in [-0.1, -0.05) is 6.92 Å². The Hall–Kier alpha value is -1.10. The number of hydrogen-bond acceptors (Lipinski definition) is 3. The fourth-order valence-corrected chi connectivity index (χ4v) is 1.31. The summed E-state index contributed by atoms with van der Waals surface area (Å²) in [5.74, 6) is -0.0404. The lowest BCUT2D eigenvalue weighted by Crippen LogP contribution is -2.38. The van der Waals surface area contributed by atoms with Gasteiger partial charge in [-0.25, -0.2) is 0 Å². The van der Waals surface area contributed by atoms with Gasteiger partial charge in [0.05, 0.1) is 6.61 Å². The SMILES string of the molecule is CCC(C)NC(=O)CCN(CCOC)C(C)=O. The predicted octanol–water partition coefficient (Wildman–Crippen LogP) is 0.786. The van der Waals surface area contributed by atoms with Gasteiger partial charge in [0, 0.05) is 39.6 Å². The maximum absolute atomic E-state index is 11.5. The summed E-state index contributed by atoms with van der Waals surface area (Å²) in [5, 5.41) is 2.87. The van der Waals surface area contributed by atoms with Gasteiger partial charge >= 0.3 is 0 Å². The van der Waals surface area contributed by atoms with Crippen molar-refractivity contribution in [1.29, 1.82) is 0 Å². The molecule has 0 aliphatic rings. The molecule has 0 bridgehead atoms. The Balaban J connectivity index is 3.95. The first-order valence-electron chi connectivity index (χ1n) is 6.05. The first kappa shape index (κ1) is 15.9. The Kier molecular flexibility index (Phi) is 8.40. The van der Waals surface area contributed by atoms with Crippen molar-refractivity contribution in [1.82, 2.24) is 10.2 Å². The molecule has 0 saturated heterocycles. The molecule has 0 spiro atoms. The van der Waals surface area contributed by atoms with E-state index in [0.717, 1.165) is 6.42 Å². The second-order valence-electron chi connectivity index (χ2n) is 4.13. The second kappa shape index (κ2) is 8.98. The molecular weight excluding hydrogens is 220 g/mol. The maximum Gasteiger partial charge on any atom is 0.221 e. The van der Waals surface area contributed by atoms with Crippen LogP contribution < -0.4 is 5.32 Å². The summed E-state index contributed by atoms with van der Waals surface area (Å²) in [6, 6.07) is 0.187. The van der Waals surface area contributed by atoms with E-state index in [0.29, 0.717) is 26.1 Å². The Labute approximate surface area is 103 Å². The largest absolute Gasteiger partial charge is 0.383 e. The minimum absolute atomic E-state index is 0.0111. The minimum Gasteiger partial charge on any atom is -0.383 e.